The van der Waals surface area contributed by atoms with Crippen LogP contribution in [0.15, 0.2) is 60.7 Å². The molecular formula is C22H24N4O4. The molecule has 0 aromatic heterocycles. The summed E-state index contributed by atoms with van der Waals surface area (Å²) in [4.78, 5) is 39.6. The first-order valence-corrected chi connectivity index (χ1v) is 9.53. The molecule has 1 aliphatic heterocycles. The Morgan fingerprint density at radius 3 is 2.33 bits per heavy atom. The molecule has 30 heavy (non-hydrogen) atoms. The fourth-order valence-corrected chi connectivity index (χ4v) is 3.16. The van der Waals surface area contributed by atoms with Crippen LogP contribution < -0.4 is 20.7 Å². The van der Waals surface area contributed by atoms with Crippen LogP contribution in [-0.2, 0) is 9.59 Å². The quantitative estimate of drug-likeness (QED) is 0.707. The molecule has 0 spiro atoms. The summed E-state index contributed by atoms with van der Waals surface area (Å²) in [5.74, 6) is -0.449. The summed E-state index contributed by atoms with van der Waals surface area (Å²) in [7, 11) is 1.63. The van der Waals surface area contributed by atoms with Gasteiger partial charge in [-0.2, -0.15) is 0 Å². The number of hydrogen-bond donors (Lipinski definition) is 2. The third-order valence-corrected chi connectivity index (χ3v) is 4.82. The molecule has 0 bridgehead atoms. The van der Waals surface area contributed by atoms with Crippen molar-refractivity contribution < 1.29 is 19.1 Å². The Bertz CT molecular complexity index is 948. The number of anilines is 2. The van der Waals surface area contributed by atoms with Gasteiger partial charge < -0.3 is 25.6 Å². The van der Waals surface area contributed by atoms with E-state index >= 15 is 0 Å². The van der Waals surface area contributed by atoms with E-state index in [1.54, 1.807) is 30.2 Å². The smallest absolute Gasteiger partial charge is 0.248 e. The van der Waals surface area contributed by atoms with Gasteiger partial charge in [0.2, 0.25) is 17.7 Å². The lowest BCUT2D eigenvalue weighted by atomic mass is 10.2. The Labute approximate surface area is 174 Å². The number of hydrogen-bond acceptors (Lipinski definition) is 5. The van der Waals surface area contributed by atoms with Crippen LogP contribution >= 0.6 is 0 Å². The van der Waals surface area contributed by atoms with Crippen LogP contribution in [0.3, 0.4) is 0 Å². The molecule has 3 N–H and O–H groups in total. The molecule has 0 radical (unpaired) electrons. The van der Waals surface area contributed by atoms with Crippen molar-refractivity contribution in [1.82, 2.24) is 4.90 Å². The van der Waals surface area contributed by atoms with Crippen molar-refractivity contribution in [3.63, 3.8) is 0 Å². The largest absolute Gasteiger partial charge is 0.497 e. The van der Waals surface area contributed by atoms with Crippen molar-refractivity contribution in [2.75, 3.05) is 43.5 Å². The van der Waals surface area contributed by atoms with Crippen LogP contribution in [0, 0.1) is 0 Å². The van der Waals surface area contributed by atoms with Crippen LogP contribution in [0.1, 0.15) is 10.4 Å². The molecule has 1 aliphatic rings. The van der Waals surface area contributed by atoms with E-state index in [0.717, 1.165) is 11.4 Å². The fourth-order valence-electron chi connectivity index (χ4n) is 3.16. The van der Waals surface area contributed by atoms with Crippen LogP contribution in [0.25, 0.3) is 0 Å². The van der Waals surface area contributed by atoms with Gasteiger partial charge in [-0.15, -0.1) is 0 Å². The van der Waals surface area contributed by atoms with Crippen LogP contribution in [0.2, 0.25) is 0 Å². The molecule has 3 amide bonds. The van der Waals surface area contributed by atoms with E-state index in [4.69, 9.17) is 10.5 Å². The van der Waals surface area contributed by atoms with Gasteiger partial charge in [-0.3, -0.25) is 14.4 Å². The normalized spacial score (nSPS) is 13.9. The van der Waals surface area contributed by atoms with Gasteiger partial charge >= 0.3 is 0 Å². The zero-order chi connectivity index (χ0) is 21.5. The number of ether oxygens (including phenoxy) is 1. The predicted octanol–water partition coefficient (Wildman–Crippen LogP) is 1.64. The topological polar surface area (TPSA) is 105 Å². The monoisotopic (exact) mass is 408 g/mol. The van der Waals surface area contributed by atoms with Crippen LogP contribution in [0.5, 0.6) is 5.75 Å². The number of nitrogens with two attached hydrogens (primary N) is 1. The summed E-state index contributed by atoms with van der Waals surface area (Å²) < 4.78 is 5.17. The summed E-state index contributed by atoms with van der Waals surface area (Å²) >= 11 is 0. The standard InChI is InChI=1S/C22H24N4O4/c1-30-19-7-5-18(6-8-19)25-11-13-26(14-12-25)21(28)10-9-20(27)24-17-4-2-3-16(15-17)22(23)29/h2-10,15H,11-14H2,1H3,(H2,23,29)(H,24,27)/b10-9-. The van der Waals surface area contributed by atoms with Crippen LogP contribution in [0.4, 0.5) is 11.4 Å². The van der Waals surface area contributed by atoms with Crippen molar-refractivity contribution in [2.24, 2.45) is 5.73 Å². The number of primary amides is 1. The van der Waals surface area contributed by atoms with Gasteiger partial charge in [-0.05, 0) is 42.5 Å². The first kappa shape index (κ1) is 20.9. The van der Waals surface area contributed by atoms with Gasteiger partial charge in [0.1, 0.15) is 5.75 Å². The highest BCUT2D eigenvalue weighted by Gasteiger charge is 2.20. The molecule has 1 saturated heterocycles. The number of methoxy groups -OCH3 is 1. The summed E-state index contributed by atoms with van der Waals surface area (Å²) in [6.45, 7) is 2.55. The average molecular weight is 408 g/mol. The molecule has 0 aliphatic carbocycles. The SMILES string of the molecule is COc1ccc(N2CCN(C(=O)/C=C\C(=O)Nc3cccc(C(N)=O)c3)CC2)cc1. The molecule has 0 saturated carbocycles. The minimum Gasteiger partial charge on any atom is -0.497 e. The molecule has 8 nitrogen and oxygen atoms in total. The molecular weight excluding hydrogens is 384 g/mol. The number of amides is 3. The summed E-state index contributed by atoms with van der Waals surface area (Å²) in [6, 6.07) is 14.1. The molecule has 8 heteroatoms. The second-order valence-corrected chi connectivity index (χ2v) is 6.78. The highest BCUT2D eigenvalue weighted by atomic mass is 16.5. The molecule has 3 rings (SSSR count). The van der Waals surface area contributed by atoms with Crippen molar-refractivity contribution in [2.45, 2.75) is 0 Å². The number of piperazine rings is 1. The zero-order valence-corrected chi connectivity index (χ0v) is 16.7. The van der Waals surface area contributed by atoms with Gasteiger partial charge in [0, 0.05) is 55.3 Å². The van der Waals surface area contributed by atoms with Gasteiger partial charge in [0.25, 0.3) is 0 Å². The first-order valence-electron chi connectivity index (χ1n) is 9.53. The fraction of sp³-hybridized carbons (Fsp3) is 0.227. The second kappa shape index (κ2) is 9.60. The van der Waals surface area contributed by atoms with Crippen LogP contribution in [-0.4, -0.2) is 55.9 Å². The molecule has 0 unspecified atom stereocenters. The number of nitrogens with zero attached hydrogens (tertiary/aromatic N) is 2. The Hall–Kier alpha value is -3.81. The first-order chi connectivity index (χ1) is 14.5. The van der Waals surface area contributed by atoms with Crippen molar-refractivity contribution >= 4 is 29.1 Å². The number of nitrogens with one attached hydrogen (secondary N) is 1. The highest BCUT2D eigenvalue weighted by molar-refractivity contribution is 6.04. The van der Waals surface area contributed by atoms with E-state index in [1.807, 2.05) is 24.3 Å². The Morgan fingerprint density at radius 1 is 1.00 bits per heavy atom. The van der Waals surface area contributed by atoms with Crippen molar-refractivity contribution in [1.29, 1.82) is 0 Å². The maximum atomic E-state index is 12.4. The maximum absolute atomic E-state index is 12.4. The summed E-state index contributed by atoms with van der Waals surface area (Å²) in [5, 5.41) is 2.61. The average Bonchev–Trinajstić information content (AvgIpc) is 2.78. The zero-order valence-electron chi connectivity index (χ0n) is 16.7. The van der Waals surface area contributed by atoms with Gasteiger partial charge in [0.05, 0.1) is 7.11 Å². The number of rotatable bonds is 6. The second-order valence-electron chi connectivity index (χ2n) is 6.78. The van der Waals surface area contributed by atoms with Crippen molar-refractivity contribution in [3.8, 4) is 5.75 Å². The highest BCUT2D eigenvalue weighted by Crippen LogP contribution is 2.20. The third-order valence-electron chi connectivity index (χ3n) is 4.82. The van der Waals surface area contributed by atoms with E-state index in [1.165, 1.54) is 18.2 Å². The van der Waals surface area contributed by atoms with Gasteiger partial charge in [-0.25, -0.2) is 0 Å². The molecule has 2 aromatic carbocycles. The molecule has 1 fully saturated rings. The van der Waals surface area contributed by atoms with Gasteiger partial charge in [0.15, 0.2) is 0 Å². The Kier molecular flexibility index (Phi) is 6.69. The van der Waals surface area contributed by atoms with E-state index in [0.29, 0.717) is 37.4 Å². The summed E-state index contributed by atoms with van der Waals surface area (Å²) in [5.41, 5.74) is 7.04. The van der Waals surface area contributed by atoms with Crippen molar-refractivity contribution in [3.05, 3.63) is 66.2 Å². The summed E-state index contributed by atoms with van der Waals surface area (Å²) in [6.07, 6.45) is 2.45. The minimum atomic E-state index is -0.578. The number of carbonyl (C=O) groups excluding carboxylic acids is 3. The number of benzene rings is 2. The van der Waals surface area contributed by atoms with E-state index in [-0.39, 0.29) is 5.91 Å². The minimum absolute atomic E-state index is 0.217. The van der Waals surface area contributed by atoms with E-state index in [9.17, 15) is 14.4 Å². The predicted molar refractivity (Wildman–Crippen MR) is 115 cm³/mol. The Morgan fingerprint density at radius 2 is 1.70 bits per heavy atom. The molecule has 156 valence electrons. The lowest BCUT2D eigenvalue weighted by Crippen LogP contribution is -2.48. The molecule has 0 atom stereocenters. The molecule has 2 aromatic rings. The third kappa shape index (κ3) is 5.38. The van der Waals surface area contributed by atoms with Gasteiger partial charge in [-0.1, -0.05) is 6.07 Å². The maximum Gasteiger partial charge on any atom is 0.248 e. The molecule has 1 heterocycles. The van der Waals surface area contributed by atoms with E-state index < -0.39 is 11.8 Å². The Balaban J connectivity index is 1.50. The lowest BCUT2D eigenvalue weighted by Gasteiger charge is -2.35. The lowest BCUT2D eigenvalue weighted by molar-refractivity contribution is -0.126. The number of carbonyl (C=O) groups is 3. The van der Waals surface area contributed by atoms with E-state index in [2.05, 4.69) is 10.2 Å².